The number of hydrogen-bond acceptors (Lipinski definition) is 6. The molecule has 170 valence electrons. The first-order valence-electron chi connectivity index (χ1n) is 10.7. The zero-order chi connectivity index (χ0) is 23.4. The third kappa shape index (κ3) is 5.15. The van der Waals surface area contributed by atoms with Crippen molar-refractivity contribution in [1.82, 2.24) is 14.3 Å². The minimum atomic E-state index is -0.340. The van der Waals surface area contributed by atoms with Crippen LogP contribution in [0.1, 0.15) is 37.3 Å². The molecule has 1 saturated heterocycles. The number of pyridine rings is 1. The van der Waals surface area contributed by atoms with Crippen LogP contribution in [0.25, 0.3) is 11.7 Å². The van der Waals surface area contributed by atoms with Gasteiger partial charge in [-0.15, -0.1) is 0 Å². The number of carbonyl (C=O) groups is 1. The van der Waals surface area contributed by atoms with Crippen molar-refractivity contribution in [3.63, 3.8) is 0 Å². The molecule has 0 aliphatic carbocycles. The molecule has 1 aliphatic heterocycles. The lowest BCUT2D eigenvalue weighted by molar-refractivity contribution is -0.122. The van der Waals surface area contributed by atoms with Gasteiger partial charge in [0.1, 0.15) is 21.6 Å². The predicted molar refractivity (Wildman–Crippen MR) is 135 cm³/mol. The van der Waals surface area contributed by atoms with E-state index in [4.69, 9.17) is 12.2 Å². The van der Waals surface area contributed by atoms with Crippen molar-refractivity contribution < 1.29 is 9.18 Å². The highest BCUT2D eigenvalue weighted by Crippen LogP contribution is 2.34. The SMILES string of the molecule is CCCCCNc1nc2ccccn2c(=O)c1/C=C1/SC(=S)N(Cc2ccc(F)cc2)C1=O. The average Bonchev–Trinajstić information content (AvgIpc) is 3.07. The number of nitrogens with zero attached hydrogens (tertiary/aromatic N) is 3. The molecule has 0 spiro atoms. The fraction of sp³-hybridized carbons (Fsp3) is 0.250. The fourth-order valence-electron chi connectivity index (χ4n) is 3.49. The molecular weight excluding hydrogens is 459 g/mol. The third-order valence-electron chi connectivity index (χ3n) is 5.24. The van der Waals surface area contributed by atoms with E-state index in [1.54, 1.807) is 36.5 Å². The molecule has 1 aliphatic rings. The summed E-state index contributed by atoms with van der Waals surface area (Å²) in [6, 6.07) is 11.3. The van der Waals surface area contributed by atoms with E-state index in [0.717, 1.165) is 36.6 Å². The van der Waals surface area contributed by atoms with Crippen LogP contribution in [0.15, 0.2) is 58.4 Å². The normalized spacial score (nSPS) is 15.1. The lowest BCUT2D eigenvalue weighted by atomic mass is 10.2. The molecule has 33 heavy (non-hydrogen) atoms. The number of thioether (sulfide) groups is 1. The van der Waals surface area contributed by atoms with Crippen LogP contribution in [0.2, 0.25) is 0 Å². The summed E-state index contributed by atoms with van der Waals surface area (Å²) < 4.78 is 15.1. The quantitative estimate of drug-likeness (QED) is 0.282. The van der Waals surface area contributed by atoms with Gasteiger partial charge in [-0.2, -0.15) is 0 Å². The number of carbonyl (C=O) groups excluding carboxylic acids is 1. The number of unbranched alkanes of at least 4 members (excludes halogenated alkanes) is 2. The Balaban J connectivity index is 1.67. The largest absolute Gasteiger partial charge is 0.369 e. The highest BCUT2D eigenvalue weighted by atomic mass is 32.2. The number of rotatable bonds is 8. The van der Waals surface area contributed by atoms with E-state index in [0.29, 0.717) is 32.8 Å². The zero-order valence-electron chi connectivity index (χ0n) is 18.1. The molecule has 1 amide bonds. The van der Waals surface area contributed by atoms with E-state index in [-0.39, 0.29) is 23.8 Å². The molecule has 0 unspecified atom stereocenters. The Morgan fingerprint density at radius 2 is 1.94 bits per heavy atom. The molecule has 3 heterocycles. The van der Waals surface area contributed by atoms with Crippen molar-refractivity contribution in [2.24, 2.45) is 0 Å². The fourth-order valence-corrected chi connectivity index (χ4v) is 4.73. The molecule has 1 fully saturated rings. The van der Waals surface area contributed by atoms with E-state index < -0.39 is 0 Å². The van der Waals surface area contributed by atoms with E-state index in [2.05, 4.69) is 17.2 Å². The second-order valence-electron chi connectivity index (χ2n) is 7.64. The van der Waals surface area contributed by atoms with Crippen LogP contribution in [-0.2, 0) is 11.3 Å². The van der Waals surface area contributed by atoms with Gasteiger partial charge in [0.05, 0.1) is 17.0 Å². The summed E-state index contributed by atoms with van der Waals surface area (Å²) in [4.78, 5) is 32.8. The molecule has 3 aromatic rings. The summed E-state index contributed by atoms with van der Waals surface area (Å²) in [5.74, 6) is -0.179. The number of benzene rings is 1. The topological polar surface area (TPSA) is 66.7 Å². The minimum Gasteiger partial charge on any atom is -0.369 e. The molecular formula is C24H23FN4O2S2. The Kier molecular flexibility index (Phi) is 7.20. The molecule has 2 aromatic heterocycles. The van der Waals surface area contributed by atoms with Crippen molar-refractivity contribution in [2.75, 3.05) is 11.9 Å². The lowest BCUT2D eigenvalue weighted by Gasteiger charge is -2.14. The number of halogens is 1. The van der Waals surface area contributed by atoms with Crippen LogP contribution < -0.4 is 10.9 Å². The number of fused-ring (bicyclic) bond motifs is 1. The van der Waals surface area contributed by atoms with Gasteiger partial charge in [-0.1, -0.05) is 61.9 Å². The summed E-state index contributed by atoms with van der Waals surface area (Å²) in [5.41, 5.74) is 1.35. The van der Waals surface area contributed by atoms with E-state index in [1.165, 1.54) is 21.4 Å². The highest BCUT2D eigenvalue weighted by Gasteiger charge is 2.32. The Hall–Kier alpha value is -3.04. The van der Waals surface area contributed by atoms with Crippen LogP contribution in [-0.4, -0.2) is 31.1 Å². The monoisotopic (exact) mass is 482 g/mol. The van der Waals surface area contributed by atoms with Crippen LogP contribution >= 0.6 is 24.0 Å². The van der Waals surface area contributed by atoms with Crippen molar-refractivity contribution in [3.8, 4) is 0 Å². The minimum absolute atomic E-state index is 0.235. The summed E-state index contributed by atoms with van der Waals surface area (Å²) >= 11 is 6.56. The second kappa shape index (κ2) is 10.3. The maximum atomic E-state index is 13.3. The molecule has 6 nitrogen and oxygen atoms in total. The molecule has 1 N–H and O–H groups in total. The lowest BCUT2D eigenvalue weighted by Crippen LogP contribution is -2.27. The number of nitrogens with one attached hydrogen (secondary N) is 1. The Labute approximate surface area is 200 Å². The molecule has 0 atom stereocenters. The number of thiocarbonyl (C=S) groups is 1. The molecule has 0 saturated carbocycles. The van der Waals surface area contributed by atoms with Crippen LogP contribution in [0, 0.1) is 5.82 Å². The van der Waals surface area contributed by atoms with Crippen LogP contribution in [0.4, 0.5) is 10.2 Å². The maximum absolute atomic E-state index is 13.3. The van der Waals surface area contributed by atoms with Crippen molar-refractivity contribution in [2.45, 2.75) is 32.7 Å². The number of amides is 1. The molecule has 4 rings (SSSR count). The van der Waals surface area contributed by atoms with E-state index >= 15 is 0 Å². The van der Waals surface area contributed by atoms with Gasteiger partial charge in [-0.3, -0.25) is 18.9 Å². The Morgan fingerprint density at radius 3 is 2.70 bits per heavy atom. The number of aromatic nitrogens is 2. The van der Waals surface area contributed by atoms with Crippen LogP contribution in [0.3, 0.4) is 0 Å². The highest BCUT2D eigenvalue weighted by molar-refractivity contribution is 8.26. The first kappa shape index (κ1) is 23.1. The Bertz CT molecular complexity index is 1290. The predicted octanol–water partition coefficient (Wildman–Crippen LogP) is 4.84. The molecule has 9 heteroatoms. The second-order valence-corrected chi connectivity index (χ2v) is 9.31. The van der Waals surface area contributed by atoms with E-state index in [1.807, 2.05) is 6.07 Å². The van der Waals surface area contributed by atoms with Gasteiger partial charge in [-0.25, -0.2) is 9.37 Å². The first-order chi connectivity index (χ1) is 16.0. The van der Waals surface area contributed by atoms with Gasteiger partial charge < -0.3 is 5.32 Å². The molecule has 1 aromatic carbocycles. The maximum Gasteiger partial charge on any atom is 0.267 e. The molecule has 0 radical (unpaired) electrons. The first-order valence-corrected chi connectivity index (χ1v) is 12.0. The van der Waals surface area contributed by atoms with Crippen molar-refractivity contribution >= 4 is 51.7 Å². The zero-order valence-corrected chi connectivity index (χ0v) is 19.7. The number of hydrogen-bond donors (Lipinski definition) is 1. The summed E-state index contributed by atoms with van der Waals surface area (Å²) in [6.45, 7) is 3.04. The van der Waals surface area contributed by atoms with E-state index in [9.17, 15) is 14.0 Å². The van der Waals surface area contributed by atoms with Gasteiger partial charge in [-0.05, 0) is 42.3 Å². The number of anilines is 1. The Morgan fingerprint density at radius 1 is 1.15 bits per heavy atom. The van der Waals surface area contributed by atoms with Crippen LogP contribution in [0.5, 0.6) is 0 Å². The van der Waals surface area contributed by atoms with Gasteiger partial charge in [0.15, 0.2) is 0 Å². The van der Waals surface area contributed by atoms with Gasteiger partial charge in [0, 0.05) is 12.7 Å². The van der Waals surface area contributed by atoms with Crippen molar-refractivity contribution in [3.05, 3.63) is 80.9 Å². The standard InChI is InChI=1S/C24H23FN4O2S2/c1-2-3-5-12-26-21-18(22(30)28-13-6-4-7-20(28)27-21)14-19-23(31)29(24(32)33-19)15-16-8-10-17(25)11-9-16/h4,6-11,13-14,26H,2-3,5,12,15H2,1H3/b19-14+. The smallest absolute Gasteiger partial charge is 0.267 e. The van der Waals surface area contributed by atoms with Gasteiger partial charge in [0.25, 0.3) is 11.5 Å². The summed E-state index contributed by atoms with van der Waals surface area (Å²) in [7, 11) is 0. The summed E-state index contributed by atoms with van der Waals surface area (Å²) in [5, 5.41) is 3.27. The third-order valence-corrected chi connectivity index (χ3v) is 6.62. The van der Waals surface area contributed by atoms with Gasteiger partial charge >= 0.3 is 0 Å². The van der Waals surface area contributed by atoms with Crippen molar-refractivity contribution in [1.29, 1.82) is 0 Å². The molecule has 0 bridgehead atoms. The summed E-state index contributed by atoms with van der Waals surface area (Å²) in [6.07, 6.45) is 6.32. The van der Waals surface area contributed by atoms with Gasteiger partial charge in [0.2, 0.25) is 0 Å². The average molecular weight is 483 g/mol.